The summed E-state index contributed by atoms with van der Waals surface area (Å²) in [6.07, 6.45) is 4.22. The van der Waals surface area contributed by atoms with Gasteiger partial charge >= 0.3 is 5.97 Å². The largest absolute Gasteiger partial charge is 0.481 e. The van der Waals surface area contributed by atoms with E-state index < -0.39 is 11.9 Å². The highest BCUT2D eigenvalue weighted by Crippen LogP contribution is 2.24. The molecule has 1 aromatic heterocycles. The fraction of sp³-hybridized carbons (Fsp3) is 0.476. The lowest BCUT2D eigenvalue weighted by Crippen LogP contribution is -2.42. The molecule has 3 rings (SSSR count). The summed E-state index contributed by atoms with van der Waals surface area (Å²) >= 11 is 0. The molecule has 2 atom stereocenters. The first kappa shape index (κ1) is 19.1. The number of benzene rings is 1. The summed E-state index contributed by atoms with van der Waals surface area (Å²) in [6, 6.07) is 9.17. The van der Waals surface area contributed by atoms with Crippen LogP contribution in [-0.4, -0.2) is 32.8 Å². The third kappa shape index (κ3) is 4.76. The van der Waals surface area contributed by atoms with Gasteiger partial charge in [0.15, 0.2) is 0 Å². The summed E-state index contributed by atoms with van der Waals surface area (Å²) < 4.78 is 1.91. The molecule has 2 N–H and O–H groups in total. The number of aliphatic carboxylic acids is 1. The first-order valence-electron chi connectivity index (χ1n) is 9.57. The van der Waals surface area contributed by atoms with Crippen molar-refractivity contribution in [3.63, 3.8) is 0 Å². The molecule has 1 fully saturated rings. The second-order valence-electron chi connectivity index (χ2n) is 7.45. The predicted octanol–water partition coefficient (Wildman–Crippen LogP) is 3.31. The Morgan fingerprint density at radius 3 is 2.67 bits per heavy atom. The fourth-order valence-electron chi connectivity index (χ4n) is 3.85. The van der Waals surface area contributed by atoms with Crippen LogP contribution in [0.2, 0.25) is 0 Å². The number of rotatable bonds is 5. The van der Waals surface area contributed by atoms with Gasteiger partial charge in [-0.1, -0.05) is 31.4 Å². The van der Waals surface area contributed by atoms with Crippen LogP contribution >= 0.6 is 0 Å². The minimum atomic E-state index is -0.819. The molecule has 1 aliphatic rings. The lowest BCUT2D eigenvalue weighted by Gasteiger charge is -2.23. The van der Waals surface area contributed by atoms with E-state index in [9.17, 15) is 14.7 Å². The van der Waals surface area contributed by atoms with E-state index in [0.717, 1.165) is 36.2 Å². The van der Waals surface area contributed by atoms with Gasteiger partial charge in [-0.3, -0.25) is 14.3 Å². The third-order valence-electron chi connectivity index (χ3n) is 5.27. The van der Waals surface area contributed by atoms with Crippen LogP contribution in [0.15, 0.2) is 30.3 Å². The van der Waals surface area contributed by atoms with Gasteiger partial charge in [-0.05, 0) is 50.5 Å². The second kappa shape index (κ2) is 8.37. The Morgan fingerprint density at radius 1 is 1.19 bits per heavy atom. The minimum absolute atomic E-state index is 0.205. The Balaban J connectivity index is 1.72. The second-order valence-corrected chi connectivity index (χ2v) is 7.45. The van der Waals surface area contributed by atoms with Gasteiger partial charge in [0.25, 0.3) is 5.91 Å². The smallest absolute Gasteiger partial charge is 0.308 e. The molecule has 1 aromatic carbocycles. The number of carboxylic acid groups (broad SMARTS) is 1. The maximum absolute atomic E-state index is 12.7. The molecule has 144 valence electrons. The lowest BCUT2D eigenvalue weighted by atomic mass is 9.94. The first-order valence-corrected chi connectivity index (χ1v) is 9.57. The Kier molecular flexibility index (Phi) is 5.94. The number of amides is 1. The Morgan fingerprint density at radius 2 is 1.96 bits per heavy atom. The van der Waals surface area contributed by atoms with E-state index in [2.05, 4.69) is 10.4 Å². The SMILES string of the molecule is Cc1cc(C)n(Cc2cccc(C(=O)N[C@H]3CCCCC[C@H]3C(=O)O)c2)n1. The monoisotopic (exact) mass is 369 g/mol. The van der Waals surface area contributed by atoms with Crippen LogP contribution in [0.3, 0.4) is 0 Å². The molecule has 0 radical (unpaired) electrons. The number of nitrogens with one attached hydrogen (secondary N) is 1. The molecule has 0 bridgehead atoms. The van der Waals surface area contributed by atoms with Crippen LogP contribution in [0.1, 0.15) is 59.4 Å². The molecule has 27 heavy (non-hydrogen) atoms. The van der Waals surface area contributed by atoms with Gasteiger partial charge in [0.05, 0.1) is 18.2 Å². The molecule has 1 saturated carbocycles. The molecule has 1 amide bonds. The Hall–Kier alpha value is -2.63. The van der Waals surface area contributed by atoms with Gasteiger partial charge in [-0.15, -0.1) is 0 Å². The molecule has 0 spiro atoms. The van der Waals surface area contributed by atoms with Gasteiger partial charge in [0, 0.05) is 17.3 Å². The molecule has 0 saturated heterocycles. The van der Waals surface area contributed by atoms with E-state index in [1.54, 1.807) is 6.07 Å². The number of nitrogens with zero attached hydrogens (tertiary/aromatic N) is 2. The molecule has 1 aliphatic carbocycles. The highest BCUT2D eigenvalue weighted by atomic mass is 16.4. The van der Waals surface area contributed by atoms with Crippen LogP contribution in [-0.2, 0) is 11.3 Å². The lowest BCUT2D eigenvalue weighted by molar-refractivity contribution is -0.142. The van der Waals surface area contributed by atoms with Gasteiger partial charge in [0.1, 0.15) is 0 Å². The van der Waals surface area contributed by atoms with Crippen molar-refractivity contribution in [2.24, 2.45) is 5.92 Å². The Labute approximate surface area is 159 Å². The summed E-state index contributed by atoms with van der Waals surface area (Å²) in [6.45, 7) is 4.57. The van der Waals surface area contributed by atoms with Crippen molar-refractivity contribution in [2.45, 2.75) is 58.5 Å². The first-order chi connectivity index (χ1) is 12.9. The van der Waals surface area contributed by atoms with E-state index in [-0.39, 0.29) is 11.9 Å². The third-order valence-corrected chi connectivity index (χ3v) is 5.27. The highest BCUT2D eigenvalue weighted by molar-refractivity contribution is 5.94. The highest BCUT2D eigenvalue weighted by Gasteiger charge is 2.30. The zero-order valence-corrected chi connectivity index (χ0v) is 15.9. The number of aromatic nitrogens is 2. The van der Waals surface area contributed by atoms with Gasteiger partial charge in [-0.2, -0.15) is 5.10 Å². The quantitative estimate of drug-likeness (QED) is 0.792. The average molecular weight is 369 g/mol. The number of hydrogen-bond acceptors (Lipinski definition) is 3. The van der Waals surface area contributed by atoms with E-state index in [1.807, 2.05) is 42.8 Å². The number of hydrogen-bond donors (Lipinski definition) is 2. The van der Waals surface area contributed by atoms with Crippen LogP contribution in [0, 0.1) is 19.8 Å². The summed E-state index contributed by atoms with van der Waals surface area (Å²) in [5, 5.41) is 16.9. The predicted molar refractivity (Wildman–Crippen MR) is 103 cm³/mol. The number of aryl methyl sites for hydroxylation is 2. The van der Waals surface area contributed by atoms with E-state index in [4.69, 9.17) is 0 Å². The van der Waals surface area contributed by atoms with Crippen molar-refractivity contribution in [3.8, 4) is 0 Å². The van der Waals surface area contributed by atoms with E-state index >= 15 is 0 Å². The zero-order valence-electron chi connectivity index (χ0n) is 15.9. The van der Waals surface area contributed by atoms with Crippen molar-refractivity contribution in [3.05, 3.63) is 52.8 Å². The standard InChI is InChI=1S/C21H27N3O3/c1-14-11-15(2)24(23-14)13-16-7-6-8-17(12-16)20(25)22-19-10-5-3-4-9-18(19)21(26)27/h6-8,11-12,18-19H,3-5,9-10,13H2,1-2H3,(H,22,25)(H,26,27)/t18-,19+/m1/s1. The molecule has 0 unspecified atom stereocenters. The molecular weight excluding hydrogens is 342 g/mol. The molecule has 2 aromatic rings. The summed E-state index contributed by atoms with van der Waals surface area (Å²) in [4.78, 5) is 24.3. The van der Waals surface area contributed by atoms with Gasteiger partial charge < -0.3 is 10.4 Å². The van der Waals surface area contributed by atoms with Crippen molar-refractivity contribution in [1.82, 2.24) is 15.1 Å². The minimum Gasteiger partial charge on any atom is -0.481 e. The number of carboxylic acids is 1. The van der Waals surface area contributed by atoms with Crippen LogP contribution in [0.5, 0.6) is 0 Å². The Bertz CT molecular complexity index is 828. The molecule has 6 nitrogen and oxygen atoms in total. The maximum Gasteiger partial charge on any atom is 0.308 e. The van der Waals surface area contributed by atoms with Gasteiger partial charge in [0.2, 0.25) is 0 Å². The van der Waals surface area contributed by atoms with Crippen molar-refractivity contribution in [1.29, 1.82) is 0 Å². The molecular formula is C21H27N3O3. The van der Waals surface area contributed by atoms with Gasteiger partial charge in [-0.25, -0.2) is 0 Å². The number of carbonyl (C=O) groups is 2. The molecule has 0 aliphatic heterocycles. The zero-order chi connectivity index (χ0) is 19.4. The van der Waals surface area contributed by atoms with Crippen molar-refractivity contribution in [2.75, 3.05) is 0 Å². The van der Waals surface area contributed by atoms with Crippen LogP contribution in [0.4, 0.5) is 0 Å². The van der Waals surface area contributed by atoms with Crippen molar-refractivity contribution >= 4 is 11.9 Å². The van der Waals surface area contributed by atoms with E-state index in [1.165, 1.54) is 0 Å². The topological polar surface area (TPSA) is 84.2 Å². The summed E-state index contributed by atoms with van der Waals surface area (Å²) in [5.41, 5.74) is 3.59. The fourth-order valence-corrected chi connectivity index (χ4v) is 3.85. The maximum atomic E-state index is 12.7. The number of carbonyl (C=O) groups excluding carboxylic acids is 1. The molecule has 6 heteroatoms. The van der Waals surface area contributed by atoms with Crippen molar-refractivity contribution < 1.29 is 14.7 Å². The normalized spacial score (nSPS) is 20.1. The van der Waals surface area contributed by atoms with Crippen LogP contribution < -0.4 is 5.32 Å². The van der Waals surface area contributed by atoms with Crippen LogP contribution in [0.25, 0.3) is 0 Å². The van der Waals surface area contributed by atoms with E-state index in [0.29, 0.717) is 24.9 Å². The summed E-state index contributed by atoms with van der Waals surface area (Å²) in [7, 11) is 0. The average Bonchev–Trinajstić information content (AvgIpc) is 2.82. The molecule has 1 heterocycles. The summed E-state index contributed by atoms with van der Waals surface area (Å²) in [5.74, 6) is -1.53.